The van der Waals surface area contributed by atoms with Crippen LogP contribution in [0.2, 0.25) is 0 Å². The maximum Gasteiger partial charge on any atom is 0.0154 e. The van der Waals surface area contributed by atoms with Crippen LogP contribution >= 0.6 is 11.8 Å². The van der Waals surface area contributed by atoms with E-state index in [0.29, 0.717) is 0 Å². The second-order valence-corrected chi connectivity index (χ2v) is 4.99. The van der Waals surface area contributed by atoms with Gasteiger partial charge in [-0.3, -0.25) is 0 Å². The molecule has 0 unspecified atom stereocenters. The van der Waals surface area contributed by atoms with Crippen molar-refractivity contribution >= 4 is 11.8 Å². The van der Waals surface area contributed by atoms with E-state index in [2.05, 4.69) is 62.4 Å². The second kappa shape index (κ2) is 6.48. The highest BCUT2D eigenvalue weighted by Gasteiger charge is 2.01. The fourth-order valence-electron chi connectivity index (χ4n) is 1.63. The Morgan fingerprint density at radius 2 is 1.59 bits per heavy atom. The predicted octanol–water partition coefficient (Wildman–Crippen LogP) is 3.88. The van der Waals surface area contributed by atoms with Gasteiger partial charge in [0.15, 0.2) is 0 Å². The van der Waals surface area contributed by atoms with E-state index in [1.807, 2.05) is 11.8 Å². The first kappa shape index (κ1) is 13.8. The summed E-state index contributed by atoms with van der Waals surface area (Å²) in [6.07, 6.45) is 1.09. The predicted molar refractivity (Wildman–Crippen MR) is 74.7 cm³/mol. The smallest absolute Gasteiger partial charge is 0.0154 e. The van der Waals surface area contributed by atoms with Crippen molar-refractivity contribution < 1.29 is 5.48 Å². The molecule has 0 aliphatic heterocycles. The topological polar surface area (TPSA) is 31.5 Å². The van der Waals surface area contributed by atoms with Crippen molar-refractivity contribution in [3.63, 3.8) is 0 Å². The summed E-state index contributed by atoms with van der Waals surface area (Å²) in [4.78, 5) is 2.68. The maximum absolute atomic E-state index is 2.20. The lowest BCUT2D eigenvalue weighted by Gasteiger charge is -2.07. The van der Waals surface area contributed by atoms with E-state index in [1.54, 1.807) is 0 Å². The van der Waals surface area contributed by atoms with Crippen molar-refractivity contribution in [3.8, 4) is 0 Å². The first-order chi connectivity index (χ1) is 7.79. The second-order valence-electron chi connectivity index (χ2n) is 3.88. The molecule has 0 heterocycles. The molecule has 0 saturated carbocycles. The molecule has 0 amide bonds. The molecule has 90 valence electrons. The standard InChI is InChI=1S/C15H16S.H2O/c1-3-13-6-4-5-7-15(13)16-14-10-8-12(2)9-11-14;/h4-11H,3H2,1-2H3;1H2. The molecule has 0 atom stereocenters. The van der Waals surface area contributed by atoms with Gasteiger partial charge < -0.3 is 5.48 Å². The summed E-state index contributed by atoms with van der Waals surface area (Å²) in [6, 6.07) is 17.3. The molecule has 2 heteroatoms. The van der Waals surface area contributed by atoms with Crippen molar-refractivity contribution in [1.29, 1.82) is 0 Å². The van der Waals surface area contributed by atoms with Crippen molar-refractivity contribution in [2.45, 2.75) is 30.1 Å². The van der Waals surface area contributed by atoms with Gasteiger partial charge in [0.2, 0.25) is 0 Å². The van der Waals surface area contributed by atoms with Gasteiger partial charge in [-0.1, -0.05) is 54.6 Å². The minimum Gasteiger partial charge on any atom is -0.412 e. The zero-order chi connectivity index (χ0) is 11.4. The van der Waals surface area contributed by atoms with E-state index >= 15 is 0 Å². The van der Waals surface area contributed by atoms with Crippen LogP contribution in [0.5, 0.6) is 0 Å². The van der Waals surface area contributed by atoms with Crippen molar-refractivity contribution in [1.82, 2.24) is 0 Å². The van der Waals surface area contributed by atoms with Crippen molar-refractivity contribution in [3.05, 3.63) is 59.7 Å². The minimum atomic E-state index is 0. The average Bonchev–Trinajstić information content (AvgIpc) is 2.33. The molecule has 2 N–H and O–H groups in total. The van der Waals surface area contributed by atoms with Gasteiger partial charge in [-0.05, 0) is 37.1 Å². The van der Waals surface area contributed by atoms with Gasteiger partial charge in [0.25, 0.3) is 0 Å². The normalized spacial score (nSPS) is 9.76. The van der Waals surface area contributed by atoms with E-state index < -0.39 is 0 Å². The number of rotatable bonds is 3. The lowest BCUT2D eigenvalue weighted by atomic mass is 10.2. The van der Waals surface area contributed by atoms with Gasteiger partial charge in [-0.2, -0.15) is 0 Å². The summed E-state index contributed by atoms with van der Waals surface area (Å²) in [7, 11) is 0. The molecule has 2 aromatic carbocycles. The lowest BCUT2D eigenvalue weighted by molar-refractivity contribution is 0.824. The SMILES string of the molecule is CCc1ccccc1Sc1ccc(C)cc1.O. The van der Waals surface area contributed by atoms with Crippen LogP contribution in [-0.4, -0.2) is 5.48 Å². The molecule has 0 radical (unpaired) electrons. The van der Waals surface area contributed by atoms with E-state index in [-0.39, 0.29) is 5.48 Å². The highest BCUT2D eigenvalue weighted by molar-refractivity contribution is 7.99. The molecular weight excluding hydrogens is 228 g/mol. The zero-order valence-corrected chi connectivity index (χ0v) is 11.1. The molecule has 0 fully saturated rings. The van der Waals surface area contributed by atoms with Gasteiger partial charge in [0.1, 0.15) is 0 Å². The molecule has 0 spiro atoms. The maximum atomic E-state index is 2.20. The third kappa shape index (κ3) is 3.62. The monoisotopic (exact) mass is 246 g/mol. The summed E-state index contributed by atoms with van der Waals surface area (Å²) < 4.78 is 0. The third-order valence-corrected chi connectivity index (χ3v) is 3.73. The summed E-state index contributed by atoms with van der Waals surface area (Å²) in [5.74, 6) is 0. The fraction of sp³-hybridized carbons (Fsp3) is 0.200. The summed E-state index contributed by atoms with van der Waals surface area (Å²) in [5.41, 5.74) is 2.74. The summed E-state index contributed by atoms with van der Waals surface area (Å²) in [5, 5.41) is 0. The van der Waals surface area contributed by atoms with Crippen LogP contribution in [-0.2, 0) is 6.42 Å². The van der Waals surface area contributed by atoms with Crippen molar-refractivity contribution in [2.75, 3.05) is 0 Å². The van der Waals surface area contributed by atoms with Crippen molar-refractivity contribution in [2.24, 2.45) is 0 Å². The molecule has 17 heavy (non-hydrogen) atoms. The minimum absolute atomic E-state index is 0. The van der Waals surface area contributed by atoms with Crippen LogP contribution in [0.4, 0.5) is 0 Å². The highest BCUT2D eigenvalue weighted by atomic mass is 32.2. The van der Waals surface area contributed by atoms with Crippen LogP contribution in [0, 0.1) is 6.92 Å². The lowest BCUT2D eigenvalue weighted by Crippen LogP contribution is -1.84. The van der Waals surface area contributed by atoms with Crippen LogP contribution in [0.3, 0.4) is 0 Å². The molecule has 0 aliphatic rings. The van der Waals surface area contributed by atoms with Crippen LogP contribution in [0.25, 0.3) is 0 Å². The van der Waals surface area contributed by atoms with Crippen LogP contribution in [0.1, 0.15) is 18.1 Å². The Morgan fingerprint density at radius 1 is 0.941 bits per heavy atom. The summed E-state index contributed by atoms with van der Waals surface area (Å²) >= 11 is 1.85. The first-order valence-corrected chi connectivity index (χ1v) is 6.43. The van der Waals surface area contributed by atoms with E-state index in [0.717, 1.165) is 6.42 Å². The number of aryl methyl sites for hydroxylation is 2. The van der Waals surface area contributed by atoms with Crippen LogP contribution < -0.4 is 0 Å². The largest absolute Gasteiger partial charge is 0.412 e. The zero-order valence-electron chi connectivity index (χ0n) is 10.2. The Morgan fingerprint density at radius 3 is 2.24 bits per heavy atom. The van der Waals surface area contributed by atoms with Gasteiger partial charge in [0, 0.05) is 9.79 Å². The van der Waals surface area contributed by atoms with Crippen LogP contribution in [0.15, 0.2) is 58.3 Å². The molecule has 0 saturated heterocycles. The van der Waals surface area contributed by atoms with Gasteiger partial charge in [-0.15, -0.1) is 0 Å². The molecular formula is C15H18OS. The average molecular weight is 246 g/mol. The first-order valence-electron chi connectivity index (χ1n) is 5.62. The van der Waals surface area contributed by atoms with E-state index in [1.165, 1.54) is 20.9 Å². The summed E-state index contributed by atoms with van der Waals surface area (Å²) in [6.45, 7) is 4.32. The Labute approximate surface area is 107 Å². The Hall–Kier alpha value is -1.25. The Kier molecular flexibility index (Phi) is 5.26. The molecule has 0 aliphatic carbocycles. The number of hydrogen-bond acceptors (Lipinski definition) is 1. The quantitative estimate of drug-likeness (QED) is 0.808. The molecule has 2 aromatic rings. The molecule has 2 rings (SSSR count). The Balaban J connectivity index is 0.00000144. The fourth-order valence-corrected chi connectivity index (χ4v) is 2.64. The van der Waals surface area contributed by atoms with E-state index in [4.69, 9.17) is 0 Å². The highest BCUT2D eigenvalue weighted by Crippen LogP contribution is 2.30. The van der Waals surface area contributed by atoms with Gasteiger partial charge in [-0.25, -0.2) is 0 Å². The number of benzene rings is 2. The number of hydrogen-bond donors (Lipinski definition) is 0. The van der Waals surface area contributed by atoms with Gasteiger partial charge in [0.05, 0.1) is 0 Å². The third-order valence-electron chi connectivity index (χ3n) is 2.60. The van der Waals surface area contributed by atoms with E-state index in [9.17, 15) is 0 Å². The van der Waals surface area contributed by atoms with Gasteiger partial charge >= 0.3 is 0 Å². The Bertz CT molecular complexity index is 463. The molecule has 0 bridgehead atoms. The molecule has 0 aromatic heterocycles. The molecule has 1 nitrogen and oxygen atoms in total.